The first-order valence-electron chi connectivity index (χ1n) is 19.4. The summed E-state index contributed by atoms with van der Waals surface area (Å²) in [4.78, 5) is 10.3. The fraction of sp³-hybridized carbons (Fsp3) is 0.216. The summed E-state index contributed by atoms with van der Waals surface area (Å²) in [5.41, 5.74) is 15.1. The molecule has 274 valence electrons. The molecule has 0 radical (unpaired) electrons. The zero-order chi connectivity index (χ0) is 38.9. The van der Waals surface area contributed by atoms with Crippen LogP contribution >= 0.6 is 0 Å². The number of pyridine rings is 2. The first-order valence-corrected chi connectivity index (χ1v) is 19.4. The van der Waals surface area contributed by atoms with E-state index in [1.165, 1.54) is 33.3 Å². The van der Waals surface area contributed by atoms with Crippen LogP contribution in [0.1, 0.15) is 78.0 Å². The molecule has 5 aromatic carbocycles. The van der Waals surface area contributed by atoms with Gasteiger partial charge in [-0.25, -0.2) is 4.98 Å². The number of rotatable bonds is 8. The lowest BCUT2D eigenvalue weighted by molar-refractivity contribution is 0.477. The fourth-order valence-electron chi connectivity index (χ4n) is 7.52. The molecular formula is C51H51BN2O. The molecule has 0 atom stereocenters. The predicted molar refractivity (Wildman–Crippen MR) is 234 cm³/mol. The van der Waals surface area contributed by atoms with Crippen molar-refractivity contribution in [2.75, 3.05) is 0 Å². The molecule has 0 unspecified atom stereocenters. The third kappa shape index (κ3) is 8.05. The van der Waals surface area contributed by atoms with E-state index in [0.29, 0.717) is 11.5 Å². The van der Waals surface area contributed by atoms with Crippen molar-refractivity contribution >= 4 is 23.2 Å². The fourth-order valence-corrected chi connectivity index (χ4v) is 7.52. The third-order valence-corrected chi connectivity index (χ3v) is 10.6. The first kappa shape index (κ1) is 37.6. The van der Waals surface area contributed by atoms with E-state index in [2.05, 4.69) is 171 Å². The lowest BCUT2D eigenvalue weighted by Crippen LogP contribution is -2.55. The Bertz CT molecular complexity index is 2410. The second kappa shape index (κ2) is 15.2. The summed E-state index contributed by atoms with van der Waals surface area (Å²) in [6.45, 7) is 18.0. The summed E-state index contributed by atoms with van der Waals surface area (Å²) < 4.78 is 0. The van der Waals surface area contributed by atoms with Crippen LogP contribution < -0.4 is 16.5 Å². The number of aromatic nitrogens is 2. The van der Waals surface area contributed by atoms with E-state index < -0.39 is 0 Å². The molecule has 0 aliphatic carbocycles. The lowest BCUT2D eigenvalue weighted by Gasteiger charge is -2.26. The highest BCUT2D eigenvalue weighted by molar-refractivity contribution is 6.96. The number of phenolic OH excluding ortho intramolecular Hbond substituents is 1. The monoisotopic (exact) mass is 718 g/mol. The molecule has 0 spiro atoms. The van der Waals surface area contributed by atoms with E-state index in [1.54, 1.807) is 6.07 Å². The topological polar surface area (TPSA) is 46.0 Å². The quantitative estimate of drug-likeness (QED) is 0.159. The van der Waals surface area contributed by atoms with Gasteiger partial charge in [0.05, 0.1) is 11.4 Å². The molecular weight excluding hydrogens is 667 g/mol. The molecule has 0 aliphatic heterocycles. The van der Waals surface area contributed by atoms with Crippen LogP contribution in [0.2, 0.25) is 0 Å². The van der Waals surface area contributed by atoms with Crippen LogP contribution in [-0.2, 0) is 10.8 Å². The highest BCUT2D eigenvalue weighted by atomic mass is 16.3. The van der Waals surface area contributed by atoms with Crippen LogP contribution in [0.15, 0.2) is 152 Å². The Labute approximate surface area is 328 Å². The highest BCUT2D eigenvalue weighted by Gasteiger charge is 2.30. The first-order chi connectivity index (χ1) is 26.3. The summed E-state index contributed by atoms with van der Waals surface area (Å²) >= 11 is 0. The number of phenols is 1. The van der Waals surface area contributed by atoms with Gasteiger partial charge < -0.3 is 5.11 Å². The van der Waals surface area contributed by atoms with Gasteiger partial charge >= 0.3 is 0 Å². The highest BCUT2D eigenvalue weighted by Crippen LogP contribution is 2.38. The molecule has 0 saturated carbocycles. The smallest absolute Gasteiger partial charge is 0.266 e. The number of aromatic hydroxyl groups is 1. The van der Waals surface area contributed by atoms with E-state index in [9.17, 15) is 5.11 Å². The Kier molecular flexibility index (Phi) is 10.4. The summed E-state index contributed by atoms with van der Waals surface area (Å²) in [5.74, 6) is 0.508. The van der Waals surface area contributed by atoms with E-state index >= 15 is 0 Å². The number of hydrogen-bond acceptors (Lipinski definition) is 3. The van der Waals surface area contributed by atoms with Crippen molar-refractivity contribution in [1.29, 1.82) is 0 Å². The normalized spacial score (nSPS) is 11.9. The van der Waals surface area contributed by atoms with E-state index in [4.69, 9.17) is 9.97 Å². The molecule has 0 bridgehead atoms. The standard InChI is InChI=1S/C51H51BN2O/c1-34(2)42-23-17-24-43(35-18-10-9-11-19-35)49(42)52(48-26-14-15-27-53-48)41-21-16-20-36(30-41)45-31-38(32-46(54-45)44-22-12-13-25-47(44)55)37-28-39(50(3,4)5)33-40(29-37)51(6,7)8/h9-34,55H,1-8H3. The molecule has 0 saturated heterocycles. The predicted octanol–water partition coefficient (Wildman–Crippen LogP) is 11.1. The van der Waals surface area contributed by atoms with Crippen LogP contribution in [0.3, 0.4) is 0 Å². The molecule has 7 aromatic rings. The second-order valence-corrected chi connectivity index (χ2v) is 17.1. The van der Waals surface area contributed by atoms with Crippen molar-refractivity contribution in [3.63, 3.8) is 0 Å². The minimum absolute atomic E-state index is 0.0356. The van der Waals surface area contributed by atoms with Crippen molar-refractivity contribution in [1.82, 2.24) is 9.97 Å². The minimum atomic E-state index is -0.131. The van der Waals surface area contributed by atoms with Crippen molar-refractivity contribution < 1.29 is 5.11 Å². The van der Waals surface area contributed by atoms with Gasteiger partial charge in [-0.05, 0) is 97.7 Å². The number of para-hydroxylation sites is 1. The van der Waals surface area contributed by atoms with Gasteiger partial charge in [0.25, 0.3) is 6.71 Å². The van der Waals surface area contributed by atoms with E-state index in [1.807, 2.05) is 30.5 Å². The van der Waals surface area contributed by atoms with E-state index in [0.717, 1.165) is 39.1 Å². The Morgan fingerprint density at radius 2 is 1.13 bits per heavy atom. The number of hydrogen-bond donors (Lipinski definition) is 1. The largest absolute Gasteiger partial charge is 0.507 e. The Morgan fingerprint density at radius 3 is 1.78 bits per heavy atom. The average Bonchev–Trinajstić information content (AvgIpc) is 3.18. The zero-order valence-corrected chi connectivity index (χ0v) is 33.4. The molecule has 55 heavy (non-hydrogen) atoms. The molecule has 2 heterocycles. The second-order valence-electron chi connectivity index (χ2n) is 17.1. The van der Waals surface area contributed by atoms with Gasteiger partial charge in [0, 0.05) is 17.4 Å². The van der Waals surface area contributed by atoms with Gasteiger partial charge in [-0.3, -0.25) is 4.98 Å². The van der Waals surface area contributed by atoms with Crippen LogP contribution in [-0.4, -0.2) is 21.8 Å². The number of nitrogens with zero attached hydrogens (tertiary/aromatic N) is 2. The minimum Gasteiger partial charge on any atom is -0.507 e. The number of benzene rings is 5. The lowest BCUT2D eigenvalue weighted by atomic mass is 9.36. The van der Waals surface area contributed by atoms with Crippen LogP contribution in [0.4, 0.5) is 0 Å². The van der Waals surface area contributed by atoms with Crippen molar-refractivity contribution in [3.8, 4) is 50.5 Å². The molecule has 0 amide bonds. The maximum atomic E-state index is 11.1. The summed E-state index contributed by atoms with van der Waals surface area (Å²) in [7, 11) is 0. The average molecular weight is 719 g/mol. The molecule has 7 rings (SSSR count). The molecule has 0 fully saturated rings. The van der Waals surface area contributed by atoms with Gasteiger partial charge in [-0.2, -0.15) is 0 Å². The van der Waals surface area contributed by atoms with Crippen molar-refractivity contribution in [3.05, 3.63) is 168 Å². The maximum absolute atomic E-state index is 11.1. The SMILES string of the molecule is CC(C)c1cccc(-c2ccccc2)c1B(c1cccc(-c2cc(-c3cc(C(C)(C)C)cc(C(C)(C)C)c3)cc(-c3ccccc3O)n2)c1)c1ccccn1. The van der Waals surface area contributed by atoms with Crippen molar-refractivity contribution in [2.45, 2.75) is 72.1 Å². The van der Waals surface area contributed by atoms with Crippen LogP contribution in [0.5, 0.6) is 5.75 Å². The molecule has 0 aliphatic rings. The van der Waals surface area contributed by atoms with Gasteiger partial charge in [0.2, 0.25) is 0 Å². The Balaban J connectivity index is 1.47. The Morgan fingerprint density at radius 1 is 0.527 bits per heavy atom. The maximum Gasteiger partial charge on any atom is 0.266 e. The molecule has 2 aromatic heterocycles. The van der Waals surface area contributed by atoms with Gasteiger partial charge in [-0.15, -0.1) is 0 Å². The van der Waals surface area contributed by atoms with Crippen molar-refractivity contribution in [2.24, 2.45) is 0 Å². The molecule has 3 nitrogen and oxygen atoms in total. The summed E-state index contributed by atoms with van der Waals surface area (Å²) in [6.07, 6.45) is 1.90. The molecule has 4 heteroatoms. The summed E-state index contributed by atoms with van der Waals surface area (Å²) in [6, 6.07) is 51.2. The third-order valence-electron chi connectivity index (χ3n) is 10.6. The Hall–Kier alpha value is -5.74. The zero-order valence-electron chi connectivity index (χ0n) is 33.4. The van der Waals surface area contributed by atoms with E-state index in [-0.39, 0.29) is 23.3 Å². The van der Waals surface area contributed by atoms with Crippen LogP contribution in [0, 0.1) is 0 Å². The van der Waals surface area contributed by atoms with Gasteiger partial charge in [0.15, 0.2) is 0 Å². The van der Waals surface area contributed by atoms with Crippen LogP contribution in [0.25, 0.3) is 44.8 Å². The molecule has 1 N–H and O–H groups in total. The van der Waals surface area contributed by atoms with Gasteiger partial charge in [0.1, 0.15) is 5.75 Å². The van der Waals surface area contributed by atoms with Gasteiger partial charge in [-0.1, -0.05) is 176 Å². The summed E-state index contributed by atoms with van der Waals surface area (Å²) in [5, 5.41) is 11.1.